The van der Waals surface area contributed by atoms with Crippen molar-refractivity contribution in [3.05, 3.63) is 127 Å². The van der Waals surface area contributed by atoms with Crippen LogP contribution in [0.3, 0.4) is 0 Å². The molecule has 4 aromatic carbocycles. The summed E-state index contributed by atoms with van der Waals surface area (Å²) in [7, 11) is -3.17. The van der Waals surface area contributed by atoms with E-state index in [0.29, 0.717) is 0 Å². The highest BCUT2D eigenvalue weighted by atomic mass is 31.2. The van der Waals surface area contributed by atoms with Crippen molar-refractivity contribution < 1.29 is 8.96 Å². The minimum absolute atomic E-state index is 0.318. The summed E-state index contributed by atoms with van der Waals surface area (Å²) in [5, 5.41) is 4.97. The molecule has 0 unspecified atom stereocenters. The van der Waals surface area contributed by atoms with Gasteiger partial charge < -0.3 is 9.88 Å². The van der Waals surface area contributed by atoms with Crippen molar-refractivity contribution in [1.29, 1.82) is 0 Å². The summed E-state index contributed by atoms with van der Waals surface area (Å²) in [6.45, 7) is 0. The monoisotopic (exact) mass is 401 g/mol. The molecule has 0 saturated carbocycles. The smallest absolute Gasteiger partial charge is 0.168 e. The van der Waals surface area contributed by atoms with E-state index >= 15 is 0 Å². The van der Waals surface area contributed by atoms with Crippen molar-refractivity contribution in [1.82, 2.24) is 0 Å². The minimum Gasteiger partial charge on any atom is -0.371 e. The standard InChI is InChI=1S/C25H21FNOP/c26-21-18-16-20(17-19-21)25(27-22-10-4-1-5-11-22)29(28,23-12-6-2-7-13-23)24-14-8-3-9-15-24/h1-19,25,27H/t25-/m0/s1. The maximum absolute atomic E-state index is 14.9. The molecule has 0 fully saturated rings. The van der Waals surface area contributed by atoms with E-state index in [1.54, 1.807) is 12.1 Å². The van der Waals surface area contributed by atoms with Crippen molar-refractivity contribution in [2.45, 2.75) is 5.78 Å². The molecule has 0 amide bonds. The molecule has 0 bridgehead atoms. The van der Waals surface area contributed by atoms with Crippen LogP contribution in [0.2, 0.25) is 0 Å². The quantitative estimate of drug-likeness (QED) is 0.405. The highest BCUT2D eigenvalue weighted by Gasteiger charge is 2.38. The Kier molecular flexibility index (Phi) is 5.59. The molecule has 0 spiro atoms. The van der Waals surface area contributed by atoms with E-state index in [-0.39, 0.29) is 5.82 Å². The molecule has 0 heterocycles. The van der Waals surface area contributed by atoms with Gasteiger partial charge in [0, 0.05) is 16.3 Å². The average molecular weight is 401 g/mol. The summed E-state index contributed by atoms with van der Waals surface area (Å²) in [6, 6.07) is 34.9. The second-order valence-electron chi connectivity index (χ2n) is 6.79. The van der Waals surface area contributed by atoms with Gasteiger partial charge >= 0.3 is 0 Å². The van der Waals surface area contributed by atoms with Gasteiger partial charge in [0.05, 0.1) is 0 Å². The SMILES string of the molecule is O=P(c1ccccc1)(c1ccccc1)[C@H](Nc1ccccc1)c1ccc(F)cc1. The largest absolute Gasteiger partial charge is 0.371 e. The molecule has 0 aromatic heterocycles. The van der Waals surface area contributed by atoms with Crippen LogP contribution in [0.25, 0.3) is 0 Å². The number of nitrogens with one attached hydrogen (secondary N) is 1. The molecule has 0 aliphatic rings. The fourth-order valence-corrected chi connectivity index (χ4v) is 6.52. The lowest BCUT2D eigenvalue weighted by Crippen LogP contribution is -2.25. The Morgan fingerprint density at radius 2 is 1.07 bits per heavy atom. The average Bonchev–Trinajstić information content (AvgIpc) is 2.79. The van der Waals surface area contributed by atoms with Crippen LogP contribution in [0.5, 0.6) is 0 Å². The Balaban J connectivity index is 1.93. The summed E-state index contributed by atoms with van der Waals surface area (Å²) in [4.78, 5) is 0. The van der Waals surface area contributed by atoms with Gasteiger partial charge in [0.1, 0.15) is 11.6 Å². The Bertz CT molecular complexity index is 1060. The Morgan fingerprint density at radius 1 is 0.621 bits per heavy atom. The van der Waals surface area contributed by atoms with Crippen LogP contribution in [-0.4, -0.2) is 0 Å². The first-order valence-corrected chi connectivity index (χ1v) is 11.2. The van der Waals surface area contributed by atoms with E-state index in [0.717, 1.165) is 21.9 Å². The molecular weight excluding hydrogens is 380 g/mol. The predicted molar refractivity (Wildman–Crippen MR) is 119 cm³/mol. The number of halogens is 1. The van der Waals surface area contributed by atoms with Crippen molar-refractivity contribution in [2.24, 2.45) is 0 Å². The van der Waals surface area contributed by atoms with Crippen LogP contribution in [0.4, 0.5) is 10.1 Å². The van der Waals surface area contributed by atoms with Crippen molar-refractivity contribution in [3.8, 4) is 0 Å². The molecule has 1 atom stereocenters. The van der Waals surface area contributed by atoms with Gasteiger partial charge in [-0.15, -0.1) is 0 Å². The molecular formula is C25H21FNOP. The van der Waals surface area contributed by atoms with Crippen LogP contribution in [0, 0.1) is 5.82 Å². The van der Waals surface area contributed by atoms with Crippen LogP contribution in [-0.2, 0) is 4.57 Å². The van der Waals surface area contributed by atoms with Gasteiger partial charge in [0.15, 0.2) is 7.14 Å². The molecule has 4 aromatic rings. The number of hydrogen-bond donors (Lipinski definition) is 1. The Labute approximate surface area is 170 Å². The van der Waals surface area contributed by atoms with Crippen LogP contribution >= 0.6 is 7.14 Å². The van der Waals surface area contributed by atoms with Crippen molar-refractivity contribution in [2.75, 3.05) is 5.32 Å². The summed E-state index contributed by atoms with van der Waals surface area (Å²) < 4.78 is 28.5. The minimum atomic E-state index is -3.17. The number of hydrogen-bond acceptors (Lipinski definition) is 2. The summed E-state index contributed by atoms with van der Waals surface area (Å²) in [5.41, 5.74) is 1.63. The van der Waals surface area contributed by atoms with E-state index in [9.17, 15) is 8.96 Å². The third-order valence-electron chi connectivity index (χ3n) is 4.91. The molecule has 144 valence electrons. The molecule has 29 heavy (non-hydrogen) atoms. The summed E-state index contributed by atoms with van der Waals surface area (Å²) >= 11 is 0. The van der Waals surface area contributed by atoms with Crippen LogP contribution in [0.1, 0.15) is 11.3 Å². The van der Waals surface area contributed by atoms with Gasteiger partial charge in [-0.05, 0) is 29.8 Å². The molecule has 0 aliphatic carbocycles. The van der Waals surface area contributed by atoms with Gasteiger partial charge in [0.25, 0.3) is 0 Å². The number of para-hydroxylation sites is 1. The lowest BCUT2D eigenvalue weighted by atomic mass is 10.2. The van der Waals surface area contributed by atoms with E-state index in [4.69, 9.17) is 0 Å². The zero-order valence-corrected chi connectivity index (χ0v) is 16.7. The van der Waals surface area contributed by atoms with E-state index in [1.807, 2.05) is 91.0 Å². The molecule has 2 nitrogen and oxygen atoms in total. The van der Waals surface area contributed by atoms with Crippen molar-refractivity contribution in [3.63, 3.8) is 0 Å². The lowest BCUT2D eigenvalue weighted by Gasteiger charge is -2.31. The molecule has 0 aliphatic heterocycles. The fourth-order valence-electron chi connectivity index (χ4n) is 3.47. The first-order valence-electron chi connectivity index (χ1n) is 9.46. The highest BCUT2D eigenvalue weighted by molar-refractivity contribution is 7.79. The Morgan fingerprint density at radius 3 is 1.55 bits per heavy atom. The predicted octanol–water partition coefficient (Wildman–Crippen LogP) is 5.95. The second kappa shape index (κ2) is 8.46. The third kappa shape index (κ3) is 4.01. The first-order chi connectivity index (χ1) is 14.2. The maximum atomic E-state index is 14.9. The highest BCUT2D eigenvalue weighted by Crippen LogP contribution is 2.57. The molecule has 0 radical (unpaired) electrons. The molecule has 4 rings (SSSR count). The van der Waals surface area contributed by atoms with Gasteiger partial charge in [0.2, 0.25) is 0 Å². The first kappa shape index (κ1) is 19.2. The second-order valence-corrected chi connectivity index (χ2v) is 9.66. The maximum Gasteiger partial charge on any atom is 0.168 e. The molecule has 1 N–H and O–H groups in total. The van der Waals surface area contributed by atoms with Gasteiger partial charge in [-0.3, -0.25) is 0 Å². The van der Waals surface area contributed by atoms with Crippen LogP contribution < -0.4 is 15.9 Å². The Hall–Kier alpha value is -3.16. The lowest BCUT2D eigenvalue weighted by molar-refractivity contribution is 0.581. The zero-order valence-electron chi connectivity index (χ0n) is 15.8. The van der Waals surface area contributed by atoms with E-state index < -0.39 is 12.9 Å². The third-order valence-corrected chi connectivity index (χ3v) is 8.19. The van der Waals surface area contributed by atoms with Gasteiger partial charge in [-0.25, -0.2) is 4.39 Å². The van der Waals surface area contributed by atoms with Gasteiger partial charge in [-0.1, -0.05) is 91.0 Å². The topological polar surface area (TPSA) is 29.1 Å². The number of benzene rings is 4. The van der Waals surface area contributed by atoms with Crippen molar-refractivity contribution >= 4 is 23.4 Å². The summed E-state index contributed by atoms with van der Waals surface area (Å²) in [6.07, 6.45) is 0. The van der Waals surface area contributed by atoms with E-state index in [1.165, 1.54) is 12.1 Å². The van der Waals surface area contributed by atoms with Gasteiger partial charge in [-0.2, -0.15) is 0 Å². The van der Waals surface area contributed by atoms with Crippen LogP contribution in [0.15, 0.2) is 115 Å². The number of anilines is 1. The molecule has 4 heteroatoms. The molecule has 0 saturated heterocycles. The number of rotatable bonds is 6. The zero-order chi connectivity index (χ0) is 20.1. The fraction of sp³-hybridized carbons (Fsp3) is 0.0400. The normalized spacial score (nSPS) is 12.3. The summed E-state index contributed by atoms with van der Waals surface area (Å²) in [5.74, 6) is -0.864. The van der Waals surface area contributed by atoms with E-state index in [2.05, 4.69) is 5.32 Å².